The maximum Gasteiger partial charge on any atom is 0.336 e. The van der Waals surface area contributed by atoms with Gasteiger partial charge in [-0.15, -0.1) is 0 Å². The lowest BCUT2D eigenvalue weighted by Crippen LogP contribution is -2.25. The first kappa shape index (κ1) is 22.0. The van der Waals surface area contributed by atoms with Crippen molar-refractivity contribution in [2.24, 2.45) is 0 Å². The Morgan fingerprint density at radius 3 is 2.24 bits per heavy atom. The van der Waals surface area contributed by atoms with Gasteiger partial charge in [0.25, 0.3) is 0 Å². The molecule has 4 rings (SSSR count). The molecule has 0 saturated carbocycles. The predicted molar refractivity (Wildman–Crippen MR) is 127 cm³/mol. The number of aromatic carboxylic acids is 1. The van der Waals surface area contributed by atoms with Gasteiger partial charge >= 0.3 is 11.7 Å². The first-order valence-electron chi connectivity index (χ1n) is 10.8. The highest BCUT2D eigenvalue weighted by atomic mass is 16.4. The van der Waals surface area contributed by atoms with E-state index in [1.54, 1.807) is 28.8 Å². The normalized spacial score (nSPS) is 10.8. The third-order valence-corrected chi connectivity index (χ3v) is 5.66. The van der Waals surface area contributed by atoms with Crippen LogP contribution in [0, 0.1) is 0 Å². The lowest BCUT2D eigenvalue weighted by atomic mass is 9.99. The fourth-order valence-corrected chi connectivity index (χ4v) is 4.11. The molecule has 0 aliphatic carbocycles. The van der Waals surface area contributed by atoms with Crippen molar-refractivity contribution in [1.29, 1.82) is 0 Å². The summed E-state index contributed by atoms with van der Waals surface area (Å²) in [6.07, 6.45) is 2.15. The lowest BCUT2D eigenvalue weighted by molar-refractivity contribution is 0.0697. The Balaban J connectivity index is 1.74. The van der Waals surface area contributed by atoms with Crippen LogP contribution < -0.4 is 5.69 Å². The standard InChI is InChI=1S/C27H24N2O4/c1-2-8-24-25(18-30)29(21-9-4-3-5-10-21)27(33)28(24)17-19-13-15-20(16-14-19)22-11-6-7-12-23(22)26(31)32/h3-7,9-16,18H,2,8,17H2,1H3,(H,31,32). The SMILES string of the molecule is CCCc1c(C=O)n(-c2ccccc2)c(=O)n1Cc1ccc(-c2ccccc2C(=O)O)cc1. The maximum atomic E-state index is 13.4. The molecular formula is C27H24N2O4. The van der Waals surface area contributed by atoms with E-state index < -0.39 is 5.97 Å². The molecule has 0 radical (unpaired) electrons. The van der Waals surface area contributed by atoms with Crippen LogP contribution in [-0.2, 0) is 13.0 Å². The fourth-order valence-electron chi connectivity index (χ4n) is 4.11. The number of hydrogen-bond acceptors (Lipinski definition) is 3. The highest BCUT2D eigenvalue weighted by Gasteiger charge is 2.20. The quantitative estimate of drug-likeness (QED) is 0.399. The topological polar surface area (TPSA) is 81.3 Å². The zero-order valence-corrected chi connectivity index (χ0v) is 18.3. The number of para-hydroxylation sites is 1. The molecule has 0 spiro atoms. The summed E-state index contributed by atoms with van der Waals surface area (Å²) < 4.78 is 3.12. The minimum Gasteiger partial charge on any atom is -0.478 e. The number of nitrogens with zero attached hydrogens (tertiary/aromatic N) is 2. The summed E-state index contributed by atoms with van der Waals surface area (Å²) in [7, 11) is 0. The Kier molecular flexibility index (Phi) is 6.36. The van der Waals surface area contributed by atoms with Crippen molar-refractivity contribution >= 4 is 12.3 Å². The van der Waals surface area contributed by atoms with E-state index in [-0.39, 0.29) is 11.3 Å². The molecule has 0 saturated heterocycles. The Morgan fingerprint density at radius 1 is 0.939 bits per heavy atom. The van der Waals surface area contributed by atoms with Crippen LogP contribution in [0.3, 0.4) is 0 Å². The Labute approximate surface area is 191 Å². The van der Waals surface area contributed by atoms with Crippen molar-refractivity contribution in [1.82, 2.24) is 9.13 Å². The maximum absolute atomic E-state index is 13.4. The molecule has 1 heterocycles. The van der Waals surface area contributed by atoms with E-state index in [4.69, 9.17) is 0 Å². The van der Waals surface area contributed by atoms with Gasteiger partial charge in [0.1, 0.15) is 5.69 Å². The van der Waals surface area contributed by atoms with Gasteiger partial charge < -0.3 is 5.11 Å². The van der Waals surface area contributed by atoms with Gasteiger partial charge in [0.15, 0.2) is 6.29 Å². The molecule has 166 valence electrons. The number of carbonyl (C=O) groups excluding carboxylic acids is 1. The number of hydrogen-bond donors (Lipinski definition) is 1. The molecule has 0 aliphatic heterocycles. The smallest absolute Gasteiger partial charge is 0.336 e. The molecule has 33 heavy (non-hydrogen) atoms. The van der Waals surface area contributed by atoms with E-state index in [2.05, 4.69) is 0 Å². The van der Waals surface area contributed by atoms with Crippen LogP contribution in [0.4, 0.5) is 0 Å². The summed E-state index contributed by atoms with van der Waals surface area (Å²) in [5, 5.41) is 9.46. The summed E-state index contributed by atoms with van der Waals surface area (Å²) in [6, 6.07) is 23.5. The van der Waals surface area contributed by atoms with E-state index in [9.17, 15) is 19.5 Å². The Morgan fingerprint density at radius 2 is 1.61 bits per heavy atom. The van der Waals surface area contributed by atoms with Crippen LogP contribution in [0.15, 0.2) is 83.7 Å². The third-order valence-electron chi connectivity index (χ3n) is 5.66. The second-order valence-corrected chi connectivity index (χ2v) is 7.79. The van der Waals surface area contributed by atoms with Crippen LogP contribution in [0.5, 0.6) is 0 Å². The third kappa shape index (κ3) is 4.28. The van der Waals surface area contributed by atoms with Gasteiger partial charge in [0.05, 0.1) is 23.5 Å². The molecule has 0 unspecified atom stereocenters. The molecule has 1 aromatic heterocycles. The van der Waals surface area contributed by atoms with Gasteiger partial charge in [0, 0.05) is 0 Å². The highest BCUT2D eigenvalue weighted by molar-refractivity contribution is 5.96. The molecule has 0 aliphatic rings. The zero-order valence-electron chi connectivity index (χ0n) is 18.3. The van der Waals surface area contributed by atoms with Crippen LogP contribution in [0.2, 0.25) is 0 Å². The predicted octanol–water partition coefficient (Wildman–Crippen LogP) is 4.82. The van der Waals surface area contributed by atoms with Gasteiger partial charge in [-0.2, -0.15) is 0 Å². The molecule has 0 amide bonds. The number of benzene rings is 3. The highest BCUT2D eigenvalue weighted by Crippen LogP contribution is 2.25. The first-order chi connectivity index (χ1) is 16.0. The molecule has 3 aromatic carbocycles. The summed E-state index contributed by atoms with van der Waals surface area (Å²) in [5.74, 6) is -0.978. The van der Waals surface area contributed by atoms with E-state index in [0.717, 1.165) is 23.8 Å². The summed E-state index contributed by atoms with van der Waals surface area (Å²) in [6.45, 7) is 2.33. The van der Waals surface area contributed by atoms with E-state index in [0.29, 0.717) is 35.6 Å². The summed E-state index contributed by atoms with van der Waals surface area (Å²) in [4.78, 5) is 36.9. The number of aromatic nitrogens is 2. The number of carboxylic acids is 1. The van der Waals surface area contributed by atoms with Gasteiger partial charge in [-0.25, -0.2) is 9.59 Å². The van der Waals surface area contributed by atoms with Crippen molar-refractivity contribution < 1.29 is 14.7 Å². The second-order valence-electron chi connectivity index (χ2n) is 7.79. The first-order valence-corrected chi connectivity index (χ1v) is 10.8. The average molecular weight is 440 g/mol. The Bertz CT molecular complexity index is 1350. The monoisotopic (exact) mass is 440 g/mol. The fraction of sp³-hybridized carbons (Fsp3) is 0.148. The average Bonchev–Trinajstić information content (AvgIpc) is 3.10. The van der Waals surface area contributed by atoms with Gasteiger partial charge in [0.2, 0.25) is 0 Å². The molecule has 6 heteroatoms. The molecular weight excluding hydrogens is 416 g/mol. The summed E-state index contributed by atoms with van der Waals surface area (Å²) >= 11 is 0. The molecule has 0 bridgehead atoms. The summed E-state index contributed by atoms with van der Waals surface area (Å²) in [5.41, 5.74) is 4.03. The second kappa shape index (κ2) is 9.53. The van der Waals surface area contributed by atoms with Crippen molar-refractivity contribution in [2.45, 2.75) is 26.3 Å². The molecule has 1 N–H and O–H groups in total. The van der Waals surface area contributed by atoms with Crippen molar-refractivity contribution in [3.63, 3.8) is 0 Å². The molecule has 4 aromatic rings. The van der Waals surface area contributed by atoms with E-state index in [1.165, 1.54) is 4.57 Å². The number of imidazole rings is 1. The molecule has 6 nitrogen and oxygen atoms in total. The number of aldehydes is 1. The number of rotatable bonds is 8. The number of carbonyl (C=O) groups is 2. The number of carboxylic acid groups (broad SMARTS) is 1. The van der Waals surface area contributed by atoms with Crippen molar-refractivity contribution in [3.05, 3.63) is 112 Å². The van der Waals surface area contributed by atoms with Gasteiger partial charge in [-0.05, 0) is 41.3 Å². The van der Waals surface area contributed by atoms with Crippen molar-refractivity contribution in [3.8, 4) is 16.8 Å². The molecule has 0 fully saturated rings. The van der Waals surface area contributed by atoms with Gasteiger partial charge in [-0.1, -0.05) is 74.0 Å². The largest absolute Gasteiger partial charge is 0.478 e. The Hall–Kier alpha value is -4.19. The van der Waals surface area contributed by atoms with Crippen LogP contribution >= 0.6 is 0 Å². The van der Waals surface area contributed by atoms with Crippen molar-refractivity contribution in [2.75, 3.05) is 0 Å². The van der Waals surface area contributed by atoms with E-state index in [1.807, 2.05) is 61.5 Å². The van der Waals surface area contributed by atoms with Crippen LogP contribution in [0.25, 0.3) is 16.8 Å². The zero-order chi connectivity index (χ0) is 23.4. The molecule has 0 atom stereocenters. The minimum absolute atomic E-state index is 0.238. The lowest BCUT2D eigenvalue weighted by Gasteiger charge is -2.10. The van der Waals surface area contributed by atoms with Crippen LogP contribution in [0.1, 0.15) is 45.4 Å². The van der Waals surface area contributed by atoms with E-state index >= 15 is 0 Å². The minimum atomic E-state index is -0.978. The van der Waals surface area contributed by atoms with Gasteiger partial charge in [-0.3, -0.25) is 13.9 Å². The van der Waals surface area contributed by atoms with Crippen LogP contribution in [-0.4, -0.2) is 26.5 Å².